The number of halogens is 1. The summed E-state index contributed by atoms with van der Waals surface area (Å²) in [7, 11) is 1.54. The van der Waals surface area contributed by atoms with Gasteiger partial charge in [-0.15, -0.1) is 0 Å². The van der Waals surface area contributed by atoms with Crippen LogP contribution in [0.1, 0.15) is 44.1 Å². The highest BCUT2D eigenvalue weighted by Crippen LogP contribution is 2.37. The molecule has 0 radical (unpaired) electrons. The molecule has 10 nitrogen and oxygen atoms in total. The molecular weight excluding hydrogens is 626 g/mol. The molecule has 0 aliphatic carbocycles. The molecule has 3 heterocycles. The zero-order chi connectivity index (χ0) is 30.0. The van der Waals surface area contributed by atoms with Crippen LogP contribution in [-0.2, 0) is 9.53 Å². The van der Waals surface area contributed by atoms with Gasteiger partial charge in [0, 0.05) is 33.8 Å². The molecule has 4 aromatic rings. The van der Waals surface area contributed by atoms with Crippen LogP contribution in [0.25, 0.3) is 17.4 Å². The molecule has 2 aromatic heterocycles. The Morgan fingerprint density at radius 3 is 2.69 bits per heavy atom. The van der Waals surface area contributed by atoms with Crippen LogP contribution in [0, 0.1) is 10.1 Å². The zero-order valence-corrected chi connectivity index (χ0v) is 25.4. The second kappa shape index (κ2) is 12.3. The SMILES string of the molecule is CCCC1=C(C(=O)OCC)C(c2ccccc2OC)n2c(s/c(=C\c3ccc(-c4ccc([N+](=O)[O-])cc4Br)o3)c2=O)=N1. The number of rotatable bonds is 9. The first-order valence-electron chi connectivity index (χ1n) is 13.2. The zero-order valence-electron chi connectivity index (χ0n) is 23.0. The molecule has 1 atom stereocenters. The summed E-state index contributed by atoms with van der Waals surface area (Å²) >= 11 is 4.57. The molecule has 1 aliphatic rings. The lowest BCUT2D eigenvalue weighted by Gasteiger charge is -2.26. The number of esters is 1. The van der Waals surface area contributed by atoms with E-state index in [0.29, 0.717) is 59.9 Å². The Kier molecular flexibility index (Phi) is 8.55. The van der Waals surface area contributed by atoms with Gasteiger partial charge in [-0.1, -0.05) is 42.9 Å². The average Bonchev–Trinajstić information content (AvgIpc) is 3.56. The van der Waals surface area contributed by atoms with Crippen LogP contribution in [0.2, 0.25) is 0 Å². The largest absolute Gasteiger partial charge is 0.496 e. The van der Waals surface area contributed by atoms with Crippen LogP contribution >= 0.6 is 27.3 Å². The number of nitrogens with zero attached hydrogens (tertiary/aromatic N) is 3. The van der Waals surface area contributed by atoms with Crippen molar-refractivity contribution in [2.45, 2.75) is 32.7 Å². The van der Waals surface area contributed by atoms with Crippen molar-refractivity contribution < 1.29 is 23.6 Å². The third-order valence-corrected chi connectivity index (χ3v) is 8.29. The predicted molar refractivity (Wildman–Crippen MR) is 161 cm³/mol. The highest BCUT2D eigenvalue weighted by molar-refractivity contribution is 9.10. The van der Waals surface area contributed by atoms with Crippen LogP contribution in [0.3, 0.4) is 0 Å². The lowest BCUT2D eigenvalue weighted by atomic mass is 9.93. The lowest BCUT2D eigenvalue weighted by molar-refractivity contribution is -0.384. The third-order valence-electron chi connectivity index (χ3n) is 6.65. The number of nitro benzene ring substituents is 1. The number of methoxy groups -OCH3 is 1. The van der Waals surface area contributed by atoms with Gasteiger partial charge >= 0.3 is 5.97 Å². The van der Waals surface area contributed by atoms with Crippen LogP contribution in [-0.4, -0.2) is 29.2 Å². The molecule has 0 saturated carbocycles. The molecule has 2 aromatic carbocycles. The van der Waals surface area contributed by atoms with E-state index in [1.807, 2.05) is 25.1 Å². The van der Waals surface area contributed by atoms with Gasteiger partial charge in [-0.25, -0.2) is 9.79 Å². The van der Waals surface area contributed by atoms with Gasteiger partial charge in [0.2, 0.25) is 0 Å². The van der Waals surface area contributed by atoms with Gasteiger partial charge < -0.3 is 13.9 Å². The molecule has 5 rings (SSSR count). The summed E-state index contributed by atoms with van der Waals surface area (Å²) in [5, 5.41) is 11.1. The fourth-order valence-corrected chi connectivity index (χ4v) is 6.39. The number of thiazole rings is 1. The van der Waals surface area contributed by atoms with E-state index < -0.39 is 16.9 Å². The number of aromatic nitrogens is 1. The van der Waals surface area contributed by atoms with Crippen molar-refractivity contribution in [1.29, 1.82) is 0 Å². The van der Waals surface area contributed by atoms with Gasteiger partial charge in [-0.2, -0.15) is 0 Å². The minimum atomic E-state index is -0.802. The molecule has 0 saturated heterocycles. The van der Waals surface area contributed by atoms with Gasteiger partial charge in [0.25, 0.3) is 11.2 Å². The number of allylic oxidation sites excluding steroid dienone is 1. The van der Waals surface area contributed by atoms with Crippen LogP contribution < -0.4 is 19.6 Å². The summed E-state index contributed by atoms with van der Waals surface area (Å²) in [5.74, 6) is 0.880. The molecule has 1 unspecified atom stereocenters. The molecule has 0 N–H and O–H groups in total. The van der Waals surface area contributed by atoms with Gasteiger partial charge in [0.15, 0.2) is 4.80 Å². The fraction of sp³-hybridized carbons (Fsp3) is 0.233. The van der Waals surface area contributed by atoms with E-state index in [2.05, 4.69) is 15.9 Å². The molecule has 0 amide bonds. The van der Waals surface area contributed by atoms with Crippen molar-refractivity contribution in [3.8, 4) is 17.1 Å². The Hall–Kier alpha value is -4.29. The Balaban J connectivity index is 1.66. The van der Waals surface area contributed by atoms with Crippen molar-refractivity contribution in [1.82, 2.24) is 4.57 Å². The van der Waals surface area contributed by atoms with Crippen molar-refractivity contribution in [3.63, 3.8) is 0 Å². The number of benzene rings is 2. The Bertz CT molecular complexity index is 1900. The molecular formula is C30H26BrN3O7S. The Labute approximate surface area is 252 Å². The molecule has 216 valence electrons. The number of fused-ring (bicyclic) bond motifs is 1. The van der Waals surface area contributed by atoms with E-state index in [0.717, 1.165) is 6.42 Å². The number of hydrogen-bond donors (Lipinski definition) is 0. The Morgan fingerprint density at radius 2 is 2.00 bits per heavy atom. The van der Waals surface area contributed by atoms with Crippen molar-refractivity contribution >= 4 is 45.0 Å². The van der Waals surface area contributed by atoms with Crippen LogP contribution in [0.4, 0.5) is 5.69 Å². The molecule has 1 aliphatic heterocycles. The van der Waals surface area contributed by atoms with E-state index in [1.54, 1.807) is 44.4 Å². The minimum Gasteiger partial charge on any atom is -0.496 e. The number of furan rings is 1. The monoisotopic (exact) mass is 651 g/mol. The average molecular weight is 653 g/mol. The first-order chi connectivity index (χ1) is 20.3. The summed E-state index contributed by atoms with van der Waals surface area (Å²) in [5.41, 5.74) is 1.76. The maximum absolute atomic E-state index is 14.0. The van der Waals surface area contributed by atoms with Gasteiger partial charge in [0.1, 0.15) is 23.3 Å². The van der Waals surface area contributed by atoms with Crippen molar-refractivity contribution in [2.75, 3.05) is 13.7 Å². The summed E-state index contributed by atoms with van der Waals surface area (Å²) in [6, 6.07) is 14.3. The summed E-state index contributed by atoms with van der Waals surface area (Å²) in [6.45, 7) is 3.91. The fourth-order valence-electron chi connectivity index (χ4n) is 4.83. The van der Waals surface area contributed by atoms with E-state index in [9.17, 15) is 19.7 Å². The number of hydrogen-bond acceptors (Lipinski definition) is 9. The first kappa shape index (κ1) is 29.2. The molecule has 42 heavy (non-hydrogen) atoms. The Morgan fingerprint density at radius 1 is 1.21 bits per heavy atom. The maximum atomic E-state index is 14.0. The number of para-hydroxylation sites is 1. The number of carbonyl (C=O) groups excluding carboxylic acids is 1. The first-order valence-corrected chi connectivity index (χ1v) is 14.8. The quantitative estimate of drug-likeness (QED) is 0.133. The highest BCUT2D eigenvalue weighted by atomic mass is 79.9. The van der Waals surface area contributed by atoms with Crippen molar-refractivity contribution in [2.24, 2.45) is 4.99 Å². The minimum absolute atomic E-state index is 0.0484. The van der Waals surface area contributed by atoms with Gasteiger partial charge in [-0.3, -0.25) is 19.5 Å². The maximum Gasteiger partial charge on any atom is 0.338 e. The molecule has 0 fully saturated rings. The topological polar surface area (TPSA) is 126 Å². The summed E-state index contributed by atoms with van der Waals surface area (Å²) in [6.07, 6.45) is 2.89. The van der Waals surface area contributed by atoms with E-state index in [1.165, 1.54) is 28.0 Å². The number of carbonyl (C=O) groups is 1. The van der Waals surface area contributed by atoms with E-state index >= 15 is 0 Å². The smallest absolute Gasteiger partial charge is 0.338 e. The molecule has 12 heteroatoms. The second-order valence-electron chi connectivity index (χ2n) is 9.28. The van der Waals surface area contributed by atoms with E-state index in [4.69, 9.17) is 18.9 Å². The molecule has 0 spiro atoms. The van der Waals surface area contributed by atoms with Gasteiger partial charge in [0.05, 0.1) is 34.4 Å². The molecule has 0 bridgehead atoms. The van der Waals surface area contributed by atoms with Gasteiger partial charge in [-0.05, 0) is 53.5 Å². The second-order valence-corrected chi connectivity index (χ2v) is 11.1. The standard InChI is InChI=1S/C30H26BrN3O7S/c1-4-8-22-26(29(36)40-5-2)27(20-9-6-7-10-23(20)39-3)33-28(35)25(42-30(33)32-22)16-18-12-14-24(41-18)19-13-11-17(34(37)38)15-21(19)31/h6-7,9-16,27H,4-5,8H2,1-3H3/b25-16-. The number of ether oxygens (including phenoxy) is 2. The van der Waals surface area contributed by atoms with Crippen LogP contribution in [0.15, 0.2) is 84.5 Å². The van der Waals surface area contributed by atoms with Crippen molar-refractivity contribution in [3.05, 3.63) is 111 Å². The normalized spacial score (nSPS) is 14.9. The number of non-ortho nitro benzene ring substituents is 1. The van der Waals surface area contributed by atoms with E-state index in [-0.39, 0.29) is 17.9 Å². The summed E-state index contributed by atoms with van der Waals surface area (Å²) < 4.78 is 19.5. The summed E-state index contributed by atoms with van der Waals surface area (Å²) in [4.78, 5) is 43.2. The predicted octanol–water partition coefficient (Wildman–Crippen LogP) is 5.52. The third kappa shape index (κ3) is 5.47. The lowest BCUT2D eigenvalue weighted by Crippen LogP contribution is -2.40. The highest BCUT2D eigenvalue weighted by Gasteiger charge is 2.35. The van der Waals surface area contributed by atoms with Crippen LogP contribution in [0.5, 0.6) is 5.75 Å². The number of nitro groups is 1.